The molecule has 1 unspecified atom stereocenters. The lowest BCUT2D eigenvalue weighted by Gasteiger charge is -2.39. The van der Waals surface area contributed by atoms with Crippen molar-refractivity contribution in [2.24, 2.45) is 4.99 Å². The van der Waals surface area contributed by atoms with Gasteiger partial charge in [-0.1, -0.05) is 6.07 Å². The lowest BCUT2D eigenvalue weighted by molar-refractivity contribution is -0.135. The smallest absolute Gasteiger partial charge is 0.239 e. The van der Waals surface area contributed by atoms with Gasteiger partial charge in [-0.25, -0.2) is 9.38 Å². The number of nitrogens with zero attached hydrogens (tertiary/aromatic N) is 5. The molecule has 2 aliphatic heterocycles. The van der Waals surface area contributed by atoms with E-state index in [9.17, 15) is 9.18 Å². The highest BCUT2D eigenvalue weighted by molar-refractivity contribution is 5.82. The van der Waals surface area contributed by atoms with Crippen molar-refractivity contribution < 1.29 is 9.18 Å². The summed E-state index contributed by atoms with van der Waals surface area (Å²) in [6.45, 7) is 10.4. The maximum atomic E-state index is 14.3. The second kappa shape index (κ2) is 10.8. The molecule has 0 bridgehead atoms. The van der Waals surface area contributed by atoms with Crippen molar-refractivity contribution in [3.05, 3.63) is 29.6 Å². The summed E-state index contributed by atoms with van der Waals surface area (Å²) in [6.07, 6.45) is 2.24. The van der Waals surface area contributed by atoms with Crippen molar-refractivity contribution in [2.75, 3.05) is 64.8 Å². The number of aliphatic imine (C=N–C) groups is 1. The number of halogens is 1. The van der Waals surface area contributed by atoms with E-state index < -0.39 is 0 Å². The summed E-state index contributed by atoms with van der Waals surface area (Å²) >= 11 is 0. The molecule has 31 heavy (non-hydrogen) atoms. The van der Waals surface area contributed by atoms with Gasteiger partial charge in [-0.05, 0) is 44.4 Å². The molecule has 2 fully saturated rings. The van der Waals surface area contributed by atoms with Crippen LogP contribution in [-0.2, 0) is 11.3 Å². The fourth-order valence-corrected chi connectivity index (χ4v) is 4.28. The summed E-state index contributed by atoms with van der Waals surface area (Å²) in [5, 5.41) is 3.36. The minimum absolute atomic E-state index is 0.0713. The largest absolute Gasteiger partial charge is 0.375 e. The van der Waals surface area contributed by atoms with Gasteiger partial charge in [0, 0.05) is 59.9 Å². The number of nitrogens with one attached hydrogen (secondary N) is 1. The minimum atomic E-state index is -0.229. The molecule has 2 heterocycles. The van der Waals surface area contributed by atoms with Gasteiger partial charge in [0.1, 0.15) is 5.82 Å². The van der Waals surface area contributed by atoms with Crippen LogP contribution in [0.15, 0.2) is 23.2 Å². The zero-order valence-electron chi connectivity index (χ0n) is 19.4. The van der Waals surface area contributed by atoms with Gasteiger partial charge in [-0.2, -0.15) is 0 Å². The Hall–Kier alpha value is -2.35. The van der Waals surface area contributed by atoms with Crippen LogP contribution in [0.4, 0.5) is 10.1 Å². The van der Waals surface area contributed by atoms with Gasteiger partial charge in [0.15, 0.2) is 5.96 Å². The predicted molar refractivity (Wildman–Crippen MR) is 124 cm³/mol. The van der Waals surface area contributed by atoms with Crippen LogP contribution in [0.1, 0.15) is 32.3 Å². The third-order valence-electron chi connectivity index (χ3n) is 6.18. The van der Waals surface area contributed by atoms with Gasteiger partial charge >= 0.3 is 0 Å². The molecule has 1 amide bonds. The molecule has 1 aromatic rings. The van der Waals surface area contributed by atoms with Crippen molar-refractivity contribution in [1.29, 1.82) is 0 Å². The SMILES string of the molecule is CCNC(=NCc1ccc(N(C)C)c(F)c1)N1CCN(C(C)C(=O)N2CCCC2)CC1. The van der Waals surface area contributed by atoms with Crippen LogP contribution in [0.5, 0.6) is 0 Å². The van der Waals surface area contributed by atoms with Crippen LogP contribution < -0.4 is 10.2 Å². The average molecular weight is 433 g/mol. The summed E-state index contributed by atoms with van der Waals surface area (Å²) in [7, 11) is 3.66. The standard InChI is InChI=1S/C23H37FN6O/c1-5-25-23(26-17-19-8-9-21(27(3)4)20(24)16-19)30-14-12-28(13-15-30)18(2)22(31)29-10-6-7-11-29/h8-9,16,18H,5-7,10-15,17H2,1-4H3,(H,25,26). The van der Waals surface area contributed by atoms with Crippen molar-refractivity contribution in [2.45, 2.75) is 39.3 Å². The third-order valence-corrected chi connectivity index (χ3v) is 6.18. The lowest BCUT2D eigenvalue weighted by Crippen LogP contribution is -2.57. The van der Waals surface area contributed by atoms with E-state index >= 15 is 0 Å². The molecule has 3 rings (SSSR count). The first-order valence-electron chi connectivity index (χ1n) is 11.4. The van der Waals surface area contributed by atoms with Gasteiger partial charge in [0.25, 0.3) is 0 Å². The Morgan fingerprint density at radius 3 is 2.39 bits per heavy atom. The molecule has 1 aromatic carbocycles. The van der Waals surface area contributed by atoms with Crippen LogP contribution >= 0.6 is 0 Å². The van der Waals surface area contributed by atoms with Crippen molar-refractivity contribution in [1.82, 2.24) is 20.0 Å². The highest BCUT2D eigenvalue weighted by Crippen LogP contribution is 2.19. The summed E-state index contributed by atoms with van der Waals surface area (Å²) in [5.74, 6) is 0.875. The second-order valence-corrected chi connectivity index (χ2v) is 8.58. The highest BCUT2D eigenvalue weighted by Gasteiger charge is 2.30. The van der Waals surface area contributed by atoms with E-state index in [1.54, 1.807) is 17.0 Å². The first-order chi connectivity index (χ1) is 14.9. The van der Waals surface area contributed by atoms with Crippen LogP contribution in [0.25, 0.3) is 0 Å². The van der Waals surface area contributed by atoms with E-state index in [-0.39, 0.29) is 17.8 Å². The Morgan fingerprint density at radius 2 is 1.81 bits per heavy atom. The number of hydrogen-bond donors (Lipinski definition) is 1. The molecule has 2 saturated heterocycles. The molecule has 2 aliphatic rings. The number of hydrogen-bond acceptors (Lipinski definition) is 4. The summed E-state index contributed by atoms with van der Waals surface area (Å²) in [5.41, 5.74) is 1.43. The number of carbonyl (C=O) groups excluding carboxylic acids is 1. The molecule has 1 N–H and O–H groups in total. The first kappa shape index (κ1) is 23.3. The Balaban J connectivity index is 1.58. The third kappa shape index (κ3) is 5.87. The molecule has 172 valence electrons. The summed E-state index contributed by atoms with van der Waals surface area (Å²) in [6, 6.07) is 5.21. The van der Waals surface area contributed by atoms with E-state index in [4.69, 9.17) is 4.99 Å². The molecule has 0 saturated carbocycles. The molecular formula is C23H37FN6O. The maximum absolute atomic E-state index is 14.3. The topological polar surface area (TPSA) is 54.4 Å². The fourth-order valence-electron chi connectivity index (χ4n) is 4.28. The maximum Gasteiger partial charge on any atom is 0.239 e. The average Bonchev–Trinajstić information content (AvgIpc) is 3.30. The number of amides is 1. The van der Waals surface area contributed by atoms with E-state index in [0.29, 0.717) is 12.2 Å². The van der Waals surface area contributed by atoms with Crippen LogP contribution in [0.2, 0.25) is 0 Å². The van der Waals surface area contributed by atoms with Crippen LogP contribution in [0, 0.1) is 5.82 Å². The van der Waals surface area contributed by atoms with Gasteiger partial charge < -0.3 is 20.0 Å². The monoisotopic (exact) mass is 432 g/mol. The van der Waals surface area contributed by atoms with Crippen LogP contribution in [0.3, 0.4) is 0 Å². The molecular weight excluding hydrogens is 395 g/mol. The van der Waals surface area contributed by atoms with Gasteiger partial charge in [0.2, 0.25) is 5.91 Å². The molecule has 0 radical (unpaired) electrons. The molecule has 7 nitrogen and oxygen atoms in total. The number of likely N-dealkylation sites (tertiary alicyclic amines) is 1. The number of guanidine groups is 1. The normalized spacial score (nSPS) is 18.9. The molecule has 8 heteroatoms. The predicted octanol–water partition coefficient (Wildman–Crippen LogP) is 1.99. The molecule has 0 spiro atoms. The Morgan fingerprint density at radius 1 is 1.13 bits per heavy atom. The summed E-state index contributed by atoms with van der Waals surface area (Å²) in [4.78, 5) is 25.7. The Kier molecular flexibility index (Phi) is 8.12. The number of benzene rings is 1. The van der Waals surface area contributed by atoms with E-state index in [2.05, 4.69) is 15.1 Å². The molecule has 1 atom stereocenters. The van der Waals surface area contributed by atoms with Gasteiger partial charge in [-0.3, -0.25) is 9.69 Å². The molecule has 0 aliphatic carbocycles. The molecule has 0 aromatic heterocycles. The Labute approximate surface area is 185 Å². The second-order valence-electron chi connectivity index (χ2n) is 8.58. The van der Waals surface area contributed by atoms with Crippen LogP contribution in [-0.4, -0.2) is 92.5 Å². The Bertz CT molecular complexity index is 769. The zero-order chi connectivity index (χ0) is 22.4. The van der Waals surface area contributed by atoms with Gasteiger partial charge in [-0.15, -0.1) is 0 Å². The quantitative estimate of drug-likeness (QED) is 0.550. The van der Waals surface area contributed by atoms with Gasteiger partial charge in [0.05, 0.1) is 18.3 Å². The first-order valence-corrected chi connectivity index (χ1v) is 11.4. The number of anilines is 1. The summed E-state index contributed by atoms with van der Waals surface area (Å²) < 4.78 is 14.3. The van der Waals surface area contributed by atoms with E-state index in [1.165, 1.54) is 0 Å². The van der Waals surface area contributed by atoms with E-state index in [0.717, 1.165) is 70.2 Å². The highest BCUT2D eigenvalue weighted by atomic mass is 19.1. The lowest BCUT2D eigenvalue weighted by atomic mass is 10.2. The zero-order valence-corrected chi connectivity index (χ0v) is 19.4. The number of carbonyl (C=O) groups is 1. The van der Waals surface area contributed by atoms with E-state index in [1.807, 2.05) is 38.9 Å². The van der Waals surface area contributed by atoms with Crippen molar-refractivity contribution >= 4 is 17.6 Å². The number of piperazine rings is 1. The number of rotatable bonds is 6. The van der Waals surface area contributed by atoms with Crippen molar-refractivity contribution in [3.8, 4) is 0 Å². The fraction of sp³-hybridized carbons (Fsp3) is 0.652. The van der Waals surface area contributed by atoms with Crippen molar-refractivity contribution in [3.63, 3.8) is 0 Å². The minimum Gasteiger partial charge on any atom is -0.375 e.